The van der Waals surface area contributed by atoms with Crippen LogP contribution in [0.2, 0.25) is 0 Å². The fourth-order valence-corrected chi connectivity index (χ4v) is 1.92. The van der Waals surface area contributed by atoms with E-state index < -0.39 is 0 Å². The van der Waals surface area contributed by atoms with Gasteiger partial charge in [-0.05, 0) is 26.3 Å². The van der Waals surface area contributed by atoms with E-state index in [1.165, 1.54) is 6.07 Å². The van der Waals surface area contributed by atoms with E-state index in [-0.39, 0.29) is 24.5 Å². The summed E-state index contributed by atoms with van der Waals surface area (Å²) in [5.41, 5.74) is 0.527. The van der Waals surface area contributed by atoms with Crippen LogP contribution in [0.3, 0.4) is 0 Å². The number of nitrogens with one attached hydrogen (secondary N) is 1. The molecule has 0 saturated heterocycles. The Labute approximate surface area is 126 Å². The van der Waals surface area contributed by atoms with Crippen LogP contribution in [-0.2, 0) is 11.3 Å². The molecule has 5 heteroatoms. The fourth-order valence-electron chi connectivity index (χ4n) is 1.92. The smallest absolute Gasteiger partial charge is 0.317 e. The van der Waals surface area contributed by atoms with E-state index in [2.05, 4.69) is 5.32 Å². The number of benzene rings is 1. The maximum absolute atomic E-state index is 13.7. The van der Waals surface area contributed by atoms with Gasteiger partial charge in [0.1, 0.15) is 5.82 Å². The molecular weight excluding hydrogens is 271 g/mol. The van der Waals surface area contributed by atoms with E-state index in [0.717, 1.165) is 6.42 Å². The van der Waals surface area contributed by atoms with Crippen LogP contribution in [0.5, 0.6) is 0 Å². The van der Waals surface area contributed by atoms with Crippen molar-refractivity contribution in [1.82, 2.24) is 10.2 Å². The quantitative estimate of drug-likeness (QED) is 0.749. The molecule has 0 radical (unpaired) electrons. The molecule has 1 N–H and O–H groups in total. The summed E-state index contributed by atoms with van der Waals surface area (Å²) in [7, 11) is 0. The van der Waals surface area contributed by atoms with Crippen molar-refractivity contribution >= 4 is 6.03 Å². The molecule has 1 aromatic rings. The highest BCUT2D eigenvalue weighted by molar-refractivity contribution is 5.74. The Balaban J connectivity index is 2.52. The first-order chi connectivity index (χ1) is 10.0. The zero-order chi connectivity index (χ0) is 15.7. The third-order valence-electron chi connectivity index (χ3n) is 2.93. The molecule has 0 heterocycles. The number of halogens is 1. The molecule has 0 spiro atoms. The minimum atomic E-state index is -0.283. The Kier molecular flexibility index (Phi) is 7.75. The van der Waals surface area contributed by atoms with E-state index in [0.29, 0.717) is 25.3 Å². The SMILES string of the molecule is CCCN(Cc1ccccc1F)C(=O)NCCOC(C)C. The van der Waals surface area contributed by atoms with Gasteiger partial charge in [-0.2, -0.15) is 0 Å². The zero-order valence-corrected chi connectivity index (χ0v) is 13.1. The monoisotopic (exact) mass is 296 g/mol. The Bertz CT molecular complexity index is 438. The summed E-state index contributed by atoms with van der Waals surface area (Å²) in [6.45, 7) is 7.68. The van der Waals surface area contributed by atoms with Crippen LogP contribution in [0, 0.1) is 5.82 Å². The molecule has 0 saturated carbocycles. The molecule has 21 heavy (non-hydrogen) atoms. The summed E-state index contributed by atoms with van der Waals surface area (Å²) in [5.74, 6) is -0.283. The first-order valence-corrected chi connectivity index (χ1v) is 7.42. The minimum absolute atomic E-state index is 0.145. The fraction of sp³-hybridized carbons (Fsp3) is 0.562. The van der Waals surface area contributed by atoms with E-state index in [1.54, 1.807) is 23.1 Å². The number of hydrogen-bond acceptors (Lipinski definition) is 2. The third kappa shape index (κ3) is 6.58. The molecule has 118 valence electrons. The number of nitrogens with zero attached hydrogens (tertiary/aromatic N) is 1. The van der Waals surface area contributed by atoms with Gasteiger partial charge in [-0.25, -0.2) is 9.18 Å². The van der Waals surface area contributed by atoms with Crippen molar-refractivity contribution in [3.63, 3.8) is 0 Å². The second kappa shape index (κ2) is 9.34. The van der Waals surface area contributed by atoms with Gasteiger partial charge < -0.3 is 15.0 Å². The van der Waals surface area contributed by atoms with E-state index >= 15 is 0 Å². The van der Waals surface area contributed by atoms with Crippen LogP contribution in [0.15, 0.2) is 24.3 Å². The Morgan fingerprint density at radius 3 is 2.71 bits per heavy atom. The molecule has 0 atom stereocenters. The summed E-state index contributed by atoms with van der Waals surface area (Å²) < 4.78 is 19.0. The first kappa shape index (κ1) is 17.4. The van der Waals surface area contributed by atoms with Crippen molar-refractivity contribution < 1.29 is 13.9 Å². The van der Waals surface area contributed by atoms with Gasteiger partial charge in [0, 0.05) is 18.7 Å². The number of carbonyl (C=O) groups is 1. The Morgan fingerprint density at radius 2 is 2.10 bits per heavy atom. The normalized spacial score (nSPS) is 10.7. The topological polar surface area (TPSA) is 41.6 Å². The van der Waals surface area contributed by atoms with Crippen LogP contribution >= 0.6 is 0 Å². The lowest BCUT2D eigenvalue weighted by molar-refractivity contribution is 0.0806. The van der Waals surface area contributed by atoms with Crippen LogP contribution in [0.25, 0.3) is 0 Å². The van der Waals surface area contributed by atoms with Crippen LogP contribution < -0.4 is 5.32 Å². The van der Waals surface area contributed by atoms with Crippen molar-refractivity contribution in [3.05, 3.63) is 35.6 Å². The number of urea groups is 1. The lowest BCUT2D eigenvalue weighted by atomic mass is 10.2. The number of carbonyl (C=O) groups excluding carboxylic acids is 1. The lowest BCUT2D eigenvalue weighted by Gasteiger charge is -2.23. The third-order valence-corrected chi connectivity index (χ3v) is 2.93. The molecule has 0 aromatic heterocycles. The molecule has 0 fully saturated rings. The number of rotatable bonds is 8. The summed E-state index contributed by atoms with van der Waals surface area (Å²) >= 11 is 0. The average molecular weight is 296 g/mol. The minimum Gasteiger partial charge on any atom is -0.377 e. The second-order valence-corrected chi connectivity index (χ2v) is 5.16. The molecule has 0 unspecified atom stereocenters. The Morgan fingerprint density at radius 1 is 1.38 bits per heavy atom. The predicted octanol–water partition coefficient (Wildman–Crippen LogP) is 3.17. The molecule has 0 aliphatic heterocycles. The van der Waals surface area contributed by atoms with Crippen molar-refractivity contribution in [2.45, 2.75) is 39.8 Å². The molecule has 0 aliphatic rings. The summed E-state index contributed by atoms with van der Waals surface area (Å²) in [4.78, 5) is 13.7. The average Bonchev–Trinajstić information content (AvgIpc) is 2.45. The van der Waals surface area contributed by atoms with Gasteiger partial charge in [-0.3, -0.25) is 0 Å². The maximum Gasteiger partial charge on any atom is 0.317 e. The summed E-state index contributed by atoms with van der Waals surface area (Å²) in [6, 6.07) is 6.34. The predicted molar refractivity (Wildman–Crippen MR) is 81.6 cm³/mol. The Hall–Kier alpha value is -1.62. The molecule has 1 aromatic carbocycles. The van der Waals surface area contributed by atoms with Gasteiger partial charge >= 0.3 is 6.03 Å². The lowest BCUT2D eigenvalue weighted by Crippen LogP contribution is -2.41. The van der Waals surface area contributed by atoms with E-state index in [9.17, 15) is 9.18 Å². The highest BCUT2D eigenvalue weighted by Crippen LogP contribution is 2.10. The van der Waals surface area contributed by atoms with Gasteiger partial charge in [-0.1, -0.05) is 25.1 Å². The van der Waals surface area contributed by atoms with Gasteiger partial charge in [0.2, 0.25) is 0 Å². The van der Waals surface area contributed by atoms with E-state index in [1.807, 2.05) is 20.8 Å². The van der Waals surface area contributed by atoms with Crippen LogP contribution in [0.4, 0.5) is 9.18 Å². The van der Waals surface area contributed by atoms with Crippen molar-refractivity contribution in [2.75, 3.05) is 19.7 Å². The molecular formula is C16H25FN2O2. The van der Waals surface area contributed by atoms with Gasteiger partial charge in [0.25, 0.3) is 0 Å². The van der Waals surface area contributed by atoms with Crippen LogP contribution in [-0.4, -0.2) is 36.7 Å². The molecule has 2 amide bonds. The highest BCUT2D eigenvalue weighted by atomic mass is 19.1. The largest absolute Gasteiger partial charge is 0.377 e. The second-order valence-electron chi connectivity index (χ2n) is 5.16. The van der Waals surface area contributed by atoms with Crippen molar-refractivity contribution in [2.24, 2.45) is 0 Å². The summed E-state index contributed by atoms with van der Waals surface area (Å²) in [5, 5.41) is 2.80. The maximum atomic E-state index is 13.7. The molecule has 0 bridgehead atoms. The number of hydrogen-bond donors (Lipinski definition) is 1. The number of amides is 2. The highest BCUT2D eigenvalue weighted by Gasteiger charge is 2.14. The van der Waals surface area contributed by atoms with E-state index in [4.69, 9.17) is 4.74 Å². The molecule has 0 aliphatic carbocycles. The van der Waals surface area contributed by atoms with Gasteiger partial charge in [0.15, 0.2) is 0 Å². The van der Waals surface area contributed by atoms with Gasteiger partial charge in [-0.15, -0.1) is 0 Å². The molecule has 4 nitrogen and oxygen atoms in total. The van der Waals surface area contributed by atoms with Crippen molar-refractivity contribution in [3.8, 4) is 0 Å². The molecule has 1 rings (SSSR count). The standard InChI is InChI=1S/C16H25FN2O2/c1-4-10-19(12-14-7-5-6-8-15(14)17)16(20)18-9-11-21-13(2)3/h5-8,13H,4,9-12H2,1-3H3,(H,18,20). The van der Waals surface area contributed by atoms with Gasteiger partial charge in [0.05, 0.1) is 19.3 Å². The zero-order valence-electron chi connectivity index (χ0n) is 13.1. The number of ether oxygens (including phenoxy) is 1. The first-order valence-electron chi connectivity index (χ1n) is 7.42. The van der Waals surface area contributed by atoms with Crippen molar-refractivity contribution in [1.29, 1.82) is 0 Å². The summed E-state index contributed by atoms with van der Waals surface area (Å²) in [6.07, 6.45) is 0.969. The van der Waals surface area contributed by atoms with Crippen LogP contribution in [0.1, 0.15) is 32.8 Å².